The Morgan fingerprint density at radius 1 is 1.11 bits per heavy atom. The van der Waals surface area contributed by atoms with Crippen LogP contribution in [0, 0.1) is 5.92 Å². The Hall–Kier alpha value is -2.83. The summed E-state index contributed by atoms with van der Waals surface area (Å²) in [6, 6.07) is 14.5. The number of rotatable bonds is 6. The van der Waals surface area contributed by atoms with Crippen LogP contribution in [0.25, 0.3) is 0 Å². The zero-order valence-corrected chi connectivity index (χ0v) is 15.2. The average Bonchev–Trinajstić information content (AvgIpc) is 3.07. The van der Waals surface area contributed by atoms with E-state index in [1.807, 2.05) is 30.3 Å². The number of nitrogens with one attached hydrogen (secondary N) is 1. The van der Waals surface area contributed by atoms with Gasteiger partial charge in [-0.3, -0.25) is 9.59 Å². The van der Waals surface area contributed by atoms with Gasteiger partial charge in [0.15, 0.2) is 0 Å². The minimum atomic E-state index is -4.48. The molecule has 1 heterocycles. The molecule has 1 N–H and O–H groups in total. The fraction of sp³-hybridized carbons (Fsp3) is 0.333. The molecule has 2 aromatic rings. The Bertz CT molecular complexity index is 837. The SMILES string of the molecule is O=C(NCCCc1ccccc1)C1CC(=O)N(c2cccc(C(F)(F)F)c2)C1. The van der Waals surface area contributed by atoms with Crippen LogP contribution in [-0.2, 0) is 22.2 Å². The fourth-order valence-corrected chi connectivity index (χ4v) is 3.28. The predicted molar refractivity (Wildman–Crippen MR) is 99.7 cm³/mol. The Labute approximate surface area is 161 Å². The Morgan fingerprint density at radius 2 is 1.86 bits per heavy atom. The van der Waals surface area contributed by atoms with E-state index >= 15 is 0 Å². The number of aryl methyl sites for hydroxylation is 1. The third-order valence-electron chi connectivity index (χ3n) is 4.77. The van der Waals surface area contributed by atoms with Crippen molar-refractivity contribution in [2.45, 2.75) is 25.4 Å². The number of anilines is 1. The van der Waals surface area contributed by atoms with Gasteiger partial charge in [0.2, 0.25) is 11.8 Å². The lowest BCUT2D eigenvalue weighted by Gasteiger charge is -2.18. The number of nitrogens with zero attached hydrogens (tertiary/aromatic N) is 1. The topological polar surface area (TPSA) is 49.4 Å². The number of amides is 2. The second-order valence-electron chi connectivity index (χ2n) is 6.83. The minimum Gasteiger partial charge on any atom is -0.356 e. The lowest BCUT2D eigenvalue weighted by Crippen LogP contribution is -2.33. The molecule has 3 rings (SSSR count). The Balaban J connectivity index is 1.53. The zero-order chi connectivity index (χ0) is 20.1. The summed E-state index contributed by atoms with van der Waals surface area (Å²) in [6.07, 6.45) is -2.87. The highest BCUT2D eigenvalue weighted by atomic mass is 19.4. The maximum Gasteiger partial charge on any atom is 0.416 e. The summed E-state index contributed by atoms with van der Waals surface area (Å²) in [7, 11) is 0. The summed E-state index contributed by atoms with van der Waals surface area (Å²) in [5, 5.41) is 2.83. The molecule has 2 amide bonds. The molecule has 28 heavy (non-hydrogen) atoms. The standard InChI is InChI=1S/C21H21F3N2O2/c22-21(23,24)17-9-4-10-18(13-17)26-14-16(12-19(26)27)20(28)25-11-5-8-15-6-2-1-3-7-15/h1-4,6-7,9-10,13,16H,5,8,11-12,14H2,(H,25,28). The monoisotopic (exact) mass is 390 g/mol. The van der Waals surface area contributed by atoms with Crippen molar-refractivity contribution in [3.05, 3.63) is 65.7 Å². The van der Waals surface area contributed by atoms with Crippen LogP contribution in [0.5, 0.6) is 0 Å². The molecule has 1 fully saturated rings. The molecule has 1 unspecified atom stereocenters. The molecule has 0 bridgehead atoms. The van der Waals surface area contributed by atoms with Crippen molar-refractivity contribution in [2.24, 2.45) is 5.92 Å². The van der Waals surface area contributed by atoms with Crippen LogP contribution >= 0.6 is 0 Å². The van der Waals surface area contributed by atoms with Crippen LogP contribution in [0.4, 0.5) is 18.9 Å². The number of alkyl halides is 3. The van der Waals surface area contributed by atoms with Gasteiger partial charge in [0.05, 0.1) is 11.5 Å². The van der Waals surface area contributed by atoms with E-state index in [2.05, 4.69) is 5.32 Å². The fourth-order valence-electron chi connectivity index (χ4n) is 3.28. The number of carbonyl (C=O) groups excluding carboxylic acids is 2. The molecule has 1 saturated heterocycles. The van der Waals surface area contributed by atoms with Crippen LogP contribution in [0.15, 0.2) is 54.6 Å². The van der Waals surface area contributed by atoms with Gasteiger partial charge in [-0.15, -0.1) is 0 Å². The average molecular weight is 390 g/mol. The highest BCUT2D eigenvalue weighted by Crippen LogP contribution is 2.33. The quantitative estimate of drug-likeness (QED) is 0.763. The van der Waals surface area contributed by atoms with Crippen molar-refractivity contribution in [3.63, 3.8) is 0 Å². The number of benzene rings is 2. The smallest absolute Gasteiger partial charge is 0.356 e. The lowest BCUT2D eigenvalue weighted by molar-refractivity contribution is -0.137. The van der Waals surface area contributed by atoms with Gasteiger partial charge in [0.1, 0.15) is 0 Å². The molecular weight excluding hydrogens is 369 g/mol. The number of hydrogen-bond donors (Lipinski definition) is 1. The summed E-state index contributed by atoms with van der Waals surface area (Å²) in [6.45, 7) is 0.576. The maximum atomic E-state index is 12.9. The van der Waals surface area contributed by atoms with Crippen LogP contribution in [0.1, 0.15) is 24.0 Å². The molecule has 1 aliphatic heterocycles. The Kier molecular flexibility index (Phi) is 6.02. The normalized spacial score (nSPS) is 17.0. The highest BCUT2D eigenvalue weighted by molar-refractivity contribution is 6.00. The first kappa shape index (κ1) is 19.9. The third-order valence-corrected chi connectivity index (χ3v) is 4.77. The van der Waals surface area contributed by atoms with Gasteiger partial charge in [-0.25, -0.2) is 0 Å². The molecular formula is C21H21F3N2O2. The molecule has 0 spiro atoms. The summed E-state index contributed by atoms with van der Waals surface area (Å²) in [5.41, 5.74) is 0.536. The van der Waals surface area contributed by atoms with Gasteiger partial charge in [-0.2, -0.15) is 13.2 Å². The molecule has 0 aromatic heterocycles. The number of hydrogen-bond acceptors (Lipinski definition) is 2. The third kappa shape index (κ3) is 4.91. The maximum absolute atomic E-state index is 12.9. The first-order valence-electron chi connectivity index (χ1n) is 9.14. The van der Waals surface area contributed by atoms with Crippen LogP contribution < -0.4 is 10.2 Å². The number of carbonyl (C=O) groups is 2. The molecule has 0 radical (unpaired) electrons. The van der Waals surface area contributed by atoms with Crippen LogP contribution in [0.3, 0.4) is 0 Å². The van der Waals surface area contributed by atoms with E-state index in [9.17, 15) is 22.8 Å². The summed E-state index contributed by atoms with van der Waals surface area (Å²) in [5.74, 6) is -1.14. The van der Waals surface area contributed by atoms with Crippen molar-refractivity contribution in [1.82, 2.24) is 5.32 Å². The van der Waals surface area contributed by atoms with E-state index in [0.717, 1.165) is 25.0 Å². The van der Waals surface area contributed by atoms with E-state index in [-0.39, 0.29) is 30.5 Å². The van der Waals surface area contributed by atoms with Gasteiger partial charge in [0, 0.05) is 25.2 Å². The zero-order valence-electron chi connectivity index (χ0n) is 15.2. The first-order chi connectivity index (χ1) is 13.3. The van der Waals surface area contributed by atoms with E-state index in [1.54, 1.807) is 0 Å². The summed E-state index contributed by atoms with van der Waals surface area (Å²) in [4.78, 5) is 25.8. The van der Waals surface area contributed by atoms with Crippen molar-refractivity contribution >= 4 is 17.5 Å². The molecule has 7 heteroatoms. The second-order valence-corrected chi connectivity index (χ2v) is 6.83. The van der Waals surface area contributed by atoms with Gasteiger partial charge < -0.3 is 10.2 Å². The molecule has 2 aromatic carbocycles. The molecule has 4 nitrogen and oxygen atoms in total. The van der Waals surface area contributed by atoms with Crippen molar-refractivity contribution in [3.8, 4) is 0 Å². The van der Waals surface area contributed by atoms with E-state index < -0.39 is 17.7 Å². The molecule has 1 atom stereocenters. The lowest BCUT2D eigenvalue weighted by atomic mass is 10.1. The van der Waals surface area contributed by atoms with Crippen molar-refractivity contribution in [2.75, 3.05) is 18.0 Å². The largest absolute Gasteiger partial charge is 0.416 e. The summed E-state index contributed by atoms with van der Waals surface area (Å²) >= 11 is 0. The van der Waals surface area contributed by atoms with Gasteiger partial charge >= 0.3 is 6.18 Å². The van der Waals surface area contributed by atoms with Crippen LogP contribution in [-0.4, -0.2) is 24.9 Å². The number of halogens is 3. The molecule has 1 aliphatic rings. The van der Waals surface area contributed by atoms with Crippen molar-refractivity contribution in [1.29, 1.82) is 0 Å². The molecule has 148 valence electrons. The van der Waals surface area contributed by atoms with Crippen molar-refractivity contribution < 1.29 is 22.8 Å². The first-order valence-corrected chi connectivity index (χ1v) is 9.14. The van der Waals surface area contributed by atoms with Gasteiger partial charge in [0.25, 0.3) is 0 Å². The molecule has 0 saturated carbocycles. The van der Waals surface area contributed by atoms with Gasteiger partial charge in [-0.1, -0.05) is 36.4 Å². The Morgan fingerprint density at radius 3 is 2.57 bits per heavy atom. The summed E-state index contributed by atoms with van der Waals surface area (Å²) < 4.78 is 38.7. The highest BCUT2D eigenvalue weighted by Gasteiger charge is 2.36. The minimum absolute atomic E-state index is 0.000758. The second kappa shape index (κ2) is 8.46. The predicted octanol–water partition coefficient (Wildman–Crippen LogP) is 3.81. The van der Waals surface area contributed by atoms with Gasteiger partial charge in [-0.05, 0) is 36.6 Å². The van der Waals surface area contributed by atoms with Crippen LogP contribution in [0.2, 0.25) is 0 Å². The van der Waals surface area contributed by atoms with E-state index in [1.165, 1.54) is 22.6 Å². The van der Waals surface area contributed by atoms with E-state index in [4.69, 9.17) is 0 Å². The van der Waals surface area contributed by atoms with E-state index in [0.29, 0.717) is 6.54 Å². The molecule has 0 aliphatic carbocycles.